The molecule has 22 heavy (non-hydrogen) atoms. The van der Waals surface area contributed by atoms with E-state index in [1.165, 1.54) is 0 Å². The van der Waals surface area contributed by atoms with Crippen LogP contribution in [0, 0.1) is 0 Å². The van der Waals surface area contributed by atoms with E-state index in [0.29, 0.717) is 13.2 Å². The van der Waals surface area contributed by atoms with Crippen LogP contribution in [0.5, 0.6) is 11.5 Å². The quantitative estimate of drug-likeness (QED) is 0.838. The topological polar surface area (TPSA) is 44.5 Å². The Kier molecular flexibility index (Phi) is 6.10. The summed E-state index contributed by atoms with van der Waals surface area (Å²) in [7, 11) is 1.66. The zero-order chi connectivity index (χ0) is 15.9. The molecule has 0 saturated carbocycles. The number of nitrogens with two attached hydrogens (primary N) is 1. The third-order valence-corrected chi connectivity index (χ3v) is 4.00. The Labute approximate surface area is 137 Å². The summed E-state index contributed by atoms with van der Waals surface area (Å²) in [4.78, 5) is 0. The van der Waals surface area contributed by atoms with Gasteiger partial charge in [-0.05, 0) is 43.1 Å². The molecule has 0 spiro atoms. The molecule has 3 nitrogen and oxygen atoms in total. The van der Waals surface area contributed by atoms with Crippen LogP contribution in [0.1, 0.15) is 24.0 Å². The van der Waals surface area contributed by atoms with Gasteiger partial charge in [0.25, 0.3) is 0 Å². The Balaban J connectivity index is 2.32. The molecule has 2 aromatic carbocycles. The minimum absolute atomic E-state index is 0.138. The van der Waals surface area contributed by atoms with Crippen molar-refractivity contribution in [1.82, 2.24) is 0 Å². The Morgan fingerprint density at radius 2 is 1.91 bits per heavy atom. The van der Waals surface area contributed by atoms with E-state index >= 15 is 0 Å². The van der Waals surface area contributed by atoms with Crippen LogP contribution < -0.4 is 15.2 Å². The maximum absolute atomic E-state index is 6.31. The van der Waals surface area contributed by atoms with E-state index in [0.717, 1.165) is 34.1 Å². The maximum Gasteiger partial charge on any atom is 0.163 e. The largest absolute Gasteiger partial charge is 0.493 e. The van der Waals surface area contributed by atoms with E-state index in [1.54, 1.807) is 7.11 Å². The average Bonchev–Trinajstić information content (AvgIpc) is 2.54. The Hall–Kier alpha value is -1.71. The minimum Gasteiger partial charge on any atom is -0.493 e. The van der Waals surface area contributed by atoms with Gasteiger partial charge in [-0.1, -0.05) is 41.9 Å². The van der Waals surface area contributed by atoms with Gasteiger partial charge in [-0.15, -0.1) is 0 Å². The summed E-state index contributed by atoms with van der Waals surface area (Å²) < 4.78 is 11.2. The van der Waals surface area contributed by atoms with Crippen LogP contribution in [-0.4, -0.2) is 20.3 Å². The van der Waals surface area contributed by atoms with E-state index in [1.807, 2.05) is 49.4 Å². The number of para-hydroxylation sites is 1. The third-order valence-electron chi connectivity index (χ3n) is 3.66. The lowest BCUT2D eigenvalue weighted by molar-refractivity contribution is 0.309. The first kappa shape index (κ1) is 16.7. The van der Waals surface area contributed by atoms with Crippen molar-refractivity contribution in [2.24, 2.45) is 5.73 Å². The second kappa shape index (κ2) is 8.06. The van der Waals surface area contributed by atoms with Crippen LogP contribution >= 0.6 is 11.6 Å². The number of hydrogen-bond donors (Lipinski definition) is 1. The van der Waals surface area contributed by atoms with Gasteiger partial charge in [0.15, 0.2) is 11.5 Å². The van der Waals surface area contributed by atoms with Gasteiger partial charge < -0.3 is 15.2 Å². The van der Waals surface area contributed by atoms with Gasteiger partial charge in [-0.2, -0.15) is 0 Å². The summed E-state index contributed by atoms with van der Waals surface area (Å²) in [5.41, 5.74) is 8.12. The highest BCUT2D eigenvalue weighted by Crippen LogP contribution is 2.35. The van der Waals surface area contributed by atoms with Crippen molar-refractivity contribution in [3.05, 3.63) is 58.6 Å². The smallest absolute Gasteiger partial charge is 0.163 e. The molecular weight excluding hydrogens is 298 g/mol. The lowest BCUT2D eigenvalue weighted by Gasteiger charge is -2.19. The third kappa shape index (κ3) is 3.73. The second-order valence-corrected chi connectivity index (χ2v) is 5.45. The molecule has 0 radical (unpaired) electrons. The maximum atomic E-state index is 6.31. The summed E-state index contributed by atoms with van der Waals surface area (Å²) in [5.74, 6) is 1.67. The number of hydrogen-bond acceptors (Lipinski definition) is 3. The van der Waals surface area contributed by atoms with Crippen LogP contribution in [0.15, 0.2) is 42.5 Å². The molecule has 4 heteroatoms. The van der Waals surface area contributed by atoms with Crippen LogP contribution in [0.2, 0.25) is 5.02 Å². The van der Waals surface area contributed by atoms with Crippen LogP contribution in [0.25, 0.3) is 0 Å². The highest BCUT2D eigenvalue weighted by Gasteiger charge is 2.18. The van der Waals surface area contributed by atoms with E-state index in [9.17, 15) is 0 Å². The Bertz CT molecular complexity index is 616. The molecule has 0 aliphatic carbocycles. The monoisotopic (exact) mass is 319 g/mol. The zero-order valence-electron chi connectivity index (χ0n) is 13.0. The number of halogens is 1. The average molecular weight is 320 g/mol. The van der Waals surface area contributed by atoms with Gasteiger partial charge in [0.05, 0.1) is 13.7 Å². The van der Waals surface area contributed by atoms with Gasteiger partial charge >= 0.3 is 0 Å². The predicted molar refractivity (Wildman–Crippen MR) is 91.1 cm³/mol. The van der Waals surface area contributed by atoms with Crippen LogP contribution in [0.4, 0.5) is 0 Å². The molecule has 0 fully saturated rings. The van der Waals surface area contributed by atoms with Crippen LogP contribution in [0.3, 0.4) is 0 Å². The first-order valence-corrected chi connectivity index (χ1v) is 7.82. The molecule has 1 unspecified atom stereocenters. The van der Waals surface area contributed by atoms with Crippen molar-refractivity contribution in [1.29, 1.82) is 0 Å². The second-order valence-electron chi connectivity index (χ2n) is 5.04. The number of benzene rings is 2. The van der Waals surface area contributed by atoms with Gasteiger partial charge in [0, 0.05) is 10.9 Å². The number of rotatable bonds is 7. The Morgan fingerprint density at radius 3 is 2.55 bits per heavy atom. The molecule has 0 aliphatic heterocycles. The molecule has 2 rings (SSSR count). The molecule has 1 atom stereocenters. The number of methoxy groups -OCH3 is 1. The molecule has 0 heterocycles. The van der Waals surface area contributed by atoms with Gasteiger partial charge in [0.2, 0.25) is 0 Å². The fourth-order valence-corrected chi connectivity index (χ4v) is 2.90. The van der Waals surface area contributed by atoms with E-state index < -0.39 is 0 Å². The molecule has 0 aliphatic rings. The zero-order valence-corrected chi connectivity index (χ0v) is 13.8. The lowest BCUT2D eigenvalue weighted by atomic mass is 9.91. The molecule has 0 aromatic heterocycles. The summed E-state index contributed by atoms with van der Waals surface area (Å²) in [6.07, 6.45) is 0.754. The normalized spacial score (nSPS) is 12.0. The molecule has 118 valence electrons. The van der Waals surface area contributed by atoms with E-state index in [4.69, 9.17) is 26.8 Å². The summed E-state index contributed by atoms with van der Waals surface area (Å²) in [5, 5.41) is 0.748. The highest BCUT2D eigenvalue weighted by atomic mass is 35.5. The van der Waals surface area contributed by atoms with Gasteiger partial charge in [-0.3, -0.25) is 0 Å². The number of ether oxygens (including phenoxy) is 2. The minimum atomic E-state index is 0.138. The summed E-state index contributed by atoms with van der Waals surface area (Å²) >= 11 is 6.31. The molecule has 0 bridgehead atoms. The molecule has 0 amide bonds. The van der Waals surface area contributed by atoms with E-state index in [2.05, 4.69) is 0 Å². The van der Waals surface area contributed by atoms with E-state index in [-0.39, 0.29) is 5.92 Å². The highest BCUT2D eigenvalue weighted by molar-refractivity contribution is 6.31. The lowest BCUT2D eigenvalue weighted by Crippen LogP contribution is -2.16. The van der Waals surface area contributed by atoms with Crippen LogP contribution in [-0.2, 0) is 6.42 Å². The first-order chi connectivity index (χ1) is 10.7. The Morgan fingerprint density at radius 1 is 1.14 bits per heavy atom. The van der Waals surface area contributed by atoms with Crippen molar-refractivity contribution >= 4 is 11.6 Å². The molecule has 2 aromatic rings. The van der Waals surface area contributed by atoms with Crippen molar-refractivity contribution < 1.29 is 9.47 Å². The van der Waals surface area contributed by atoms with Gasteiger partial charge in [-0.25, -0.2) is 0 Å². The molecule has 0 saturated heterocycles. The van der Waals surface area contributed by atoms with Crippen molar-refractivity contribution in [2.45, 2.75) is 19.3 Å². The fraction of sp³-hybridized carbons (Fsp3) is 0.333. The predicted octanol–water partition coefficient (Wildman–Crippen LogP) is 4.03. The fourth-order valence-electron chi connectivity index (χ4n) is 2.61. The first-order valence-electron chi connectivity index (χ1n) is 7.44. The summed E-state index contributed by atoms with van der Waals surface area (Å²) in [6, 6.07) is 13.8. The SMILES string of the molecule is CCOc1cccc(CC(CN)c2ccccc2Cl)c1OC. The molecule has 2 N–H and O–H groups in total. The summed E-state index contributed by atoms with van der Waals surface area (Å²) in [6.45, 7) is 3.08. The standard InChI is InChI=1S/C18H22ClNO2/c1-3-22-17-10-6-7-13(18(17)21-2)11-14(12-20)15-8-4-5-9-16(15)19/h4-10,14H,3,11-12,20H2,1-2H3. The van der Waals surface area contributed by atoms with Crippen molar-refractivity contribution in [2.75, 3.05) is 20.3 Å². The van der Waals surface area contributed by atoms with Gasteiger partial charge in [0.1, 0.15) is 0 Å². The molecular formula is C18H22ClNO2. The van der Waals surface area contributed by atoms with Crippen molar-refractivity contribution in [3.8, 4) is 11.5 Å². The van der Waals surface area contributed by atoms with Crippen molar-refractivity contribution in [3.63, 3.8) is 0 Å².